The number of carbonyl (C=O) groups excluding carboxylic acids is 1. The van der Waals surface area contributed by atoms with Crippen molar-refractivity contribution in [1.29, 1.82) is 0 Å². The molecule has 0 radical (unpaired) electrons. The van der Waals surface area contributed by atoms with Gasteiger partial charge in [-0.3, -0.25) is 10.1 Å². The molecule has 0 aliphatic carbocycles. The second-order valence-corrected chi connectivity index (χ2v) is 7.64. The molecule has 4 nitrogen and oxygen atoms in total. The average Bonchev–Trinajstić information content (AvgIpc) is 3.22. The van der Waals surface area contributed by atoms with Crippen LogP contribution in [0.4, 0.5) is 5.13 Å². The van der Waals surface area contributed by atoms with Crippen LogP contribution in [0.3, 0.4) is 0 Å². The number of rotatable bonds is 7. The van der Waals surface area contributed by atoms with Crippen molar-refractivity contribution in [2.75, 3.05) is 11.9 Å². The van der Waals surface area contributed by atoms with E-state index in [-0.39, 0.29) is 5.91 Å². The van der Waals surface area contributed by atoms with Gasteiger partial charge in [0.15, 0.2) is 5.13 Å². The summed E-state index contributed by atoms with van der Waals surface area (Å²) >= 11 is 1.42. The summed E-state index contributed by atoms with van der Waals surface area (Å²) in [6.07, 6.45) is 2.11. The molecule has 0 unspecified atom stereocenters. The highest BCUT2D eigenvalue weighted by Crippen LogP contribution is 2.28. The van der Waals surface area contributed by atoms with Crippen molar-refractivity contribution in [1.82, 2.24) is 4.98 Å². The maximum atomic E-state index is 12.5. The van der Waals surface area contributed by atoms with Gasteiger partial charge in [-0.25, -0.2) is 4.98 Å². The molecule has 0 spiro atoms. The van der Waals surface area contributed by atoms with E-state index < -0.39 is 0 Å². The van der Waals surface area contributed by atoms with E-state index in [0.29, 0.717) is 17.3 Å². The molecule has 1 heterocycles. The van der Waals surface area contributed by atoms with Gasteiger partial charge >= 0.3 is 0 Å². The number of aromatic nitrogens is 1. The standard InChI is InChI=1S/C24H22N2O2S/c1-2-3-14-28-21-12-10-18(11-13-21)23(27)26-24-25-22(16-29-24)20-9-8-17-6-4-5-7-19(17)15-20/h4-13,15-16H,2-3,14H2,1H3,(H,25,26,27). The maximum absolute atomic E-state index is 12.5. The van der Waals surface area contributed by atoms with E-state index in [1.807, 2.05) is 29.6 Å². The number of nitrogens with one attached hydrogen (secondary N) is 1. The fraction of sp³-hybridized carbons (Fsp3) is 0.167. The number of hydrogen-bond acceptors (Lipinski definition) is 4. The van der Waals surface area contributed by atoms with Gasteiger partial charge in [-0.05, 0) is 47.5 Å². The van der Waals surface area contributed by atoms with Crippen molar-refractivity contribution in [3.63, 3.8) is 0 Å². The van der Waals surface area contributed by atoms with Gasteiger partial charge in [-0.1, -0.05) is 49.7 Å². The Hall–Kier alpha value is -3.18. The van der Waals surface area contributed by atoms with Crippen molar-refractivity contribution < 1.29 is 9.53 Å². The lowest BCUT2D eigenvalue weighted by atomic mass is 10.1. The fourth-order valence-corrected chi connectivity index (χ4v) is 3.73. The average molecular weight is 403 g/mol. The van der Waals surface area contributed by atoms with E-state index in [2.05, 4.69) is 47.6 Å². The van der Waals surface area contributed by atoms with Crippen LogP contribution >= 0.6 is 11.3 Å². The lowest BCUT2D eigenvalue weighted by molar-refractivity contribution is 0.102. The van der Waals surface area contributed by atoms with Gasteiger partial charge in [0, 0.05) is 16.5 Å². The number of ether oxygens (including phenoxy) is 1. The highest BCUT2D eigenvalue weighted by molar-refractivity contribution is 7.14. The molecule has 3 aromatic carbocycles. The van der Waals surface area contributed by atoms with E-state index in [1.54, 1.807) is 12.1 Å². The molecule has 4 aromatic rings. The van der Waals surface area contributed by atoms with Crippen molar-refractivity contribution >= 4 is 33.1 Å². The number of carbonyl (C=O) groups is 1. The number of fused-ring (bicyclic) bond motifs is 1. The second kappa shape index (κ2) is 8.88. The molecular weight excluding hydrogens is 380 g/mol. The molecule has 5 heteroatoms. The molecule has 0 bridgehead atoms. The van der Waals surface area contributed by atoms with Crippen LogP contribution in [0.5, 0.6) is 5.75 Å². The minimum atomic E-state index is -0.176. The van der Waals surface area contributed by atoms with Crippen LogP contribution < -0.4 is 10.1 Å². The monoisotopic (exact) mass is 402 g/mol. The lowest BCUT2D eigenvalue weighted by Gasteiger charge is -2.06. The third kappa shape index (κ3) is 4.63. The van der Waals surface area contributed by atoms with Crippen molar-refractivity contribution in [3.05, 3.63) is 77.7 Å². The Bertz CT molecular complexity index is 1120. The largest absolute Gasteiger partial charge is 0.494 e. The zero-order valence-electron chi connectivity index (χ0n) is 16.2. The number of thiazole rings is 1. The molecule has 29 heavy (non-hydrogen) atoms. The van der Waals surface area contributed by atoms with Crippen LogP contribution in [0.1, 0.15) is 30.1 Å². The summed E-state index contributed by atoms with van der Waals surface area (Å²) in [4.78, 5) is 17.1. The first-order chi connectivity index (χ1) is 14.2. The number of amides is 1. The summed E-state index contributed by atoms with van der Waals surface area (Å²) in [7, 11) is 0. The zero-order chi connectivity index (χ0) is 20.1. The molecule has 1 N–H and O–H groups in total. The lowest BCUT2D eigenvalue weighted by Crippen LogP contribution is -2.11. The number of unbranched alkanes of at least 4 members (excludes halogenated alkanes) is 1. The summed E-state index contributed by atoms with van der Waals surface area (Å²) in [6.45, 7) is 2.82. The van der Waals surface area contributed by atoms with Gasteiger partial charge in [0.1, 0.15) is 5.75 Å². The SMILES string of the molecule is CCCCOc1ccc(C(=O)Nc2nc(-c3ccc4ccccc4c3)cs2)cc1. The first kappa shape index (κ1) is 19.2. The van der Waals surface area contributed by atoms with Crippen molar-refractivity contribution in [3.8, 4) is 17.0 Å². The summed E-state index contributed by atoms with van der Waals surface area (Å²) in [5, 5.41) is 7.80. The first-order valence-electron chi connectivity index (χ1n) is 9.72. The first-order valence-corrected chi connectivity index (χ1v) is 10.6. The summed E-state index contributed by atoms with van der Waals surface area (Å²) in [5.41, 5.74) is 2.47. The molecule has 1 aromatic heterocycles. The van der Waals surface area contributed by atoms with Gasteiger partial charge in [0.25, 0.3) is 5.91 Å². The highest BCUT2D eigenvalue weighted by Gasteiger charge is 2.11. The van der Waals surface area contributed by atoms with Crippen LogP contribution in [-0.4, -0.2) is 17.5 Å². The van der Waals surface area contributed by atoms with Gasteiger partial charge in [-0.2, -0.15) is 0 Å². The summed E-state index contributed by atoms with van der Waals surface area (Å²) < 4.78 is 5.64. The van der Waals surface area contributed by atoms with Gasteiger partial charge < -0.3 is 4.74 Å². The molecule has 0 fully saturated rings. The van der Waals surface area contributed by atoms with Crippen LogP contribution in [0, 0.1) is 0 Å². The quantitative estimate of drug-likeness (QED) is 0.364. The fourth-order valence-electron chi connectivity index (χ4n) is 3.02. The smallest absolute Gasteiger partial charge is 0.257 e. The molecular formula is C24H22N2O2S. The molecule has 1 amide bonds. The normalized spacial score (nSPS) is 10.8. The Morgan fingerprint density at radius 3 is 2.62 bits per heavy atom. The minimum Gasteiger partial charge on any atom is -0.494 e. The number of benzene rings is 3. The number of anilines is 1. The van der Waals surface area contributed by atoms with Crippen LogP contribution in [0.2, 0.25) is 0 Å². The van der Waals surface area contributed by atoms with Gasteiger partial charge in [0.2, 0.25) is 0 Å². The van der Waals surface area contributed by atoms with Crippen LogP contribution in [0.15, 0.2) is 72.1 Å². The predicted molar refractivity (Wildman–Crippen MR) is 120 cm³/mol. The van der Waals surface area contributed by atoms with E-state index in [9.17, 15) is 4.79 Å². The molecule has 0 saturated carbocycles. The molecule has 0 saturated heterocycles. The summed E-state index contributed by atoms with van der Waals surface area (Å²) in [6, 6.07) is 21.7. The Labute approximate surface area is 174 Å². The van der Waals surface area contributed by atoms with Gasteiger partial charge in [0.05, 0.1) is 12.3 Å². The minimum absolute atomic E-state index is 0.176. The Kier molecular flexibility index (Phi) is 5.86. The number of nitrogens with zero attached hydrogens (tertiary/aromatic N) is 1. The molecule has 0 aliphatic rings. The third-order valence-corrected chi connectivity index (χ3v) is 5.41. The number of hydrogen-bond donors (Lipinski definition) is 1. The van der Waals surface area contributed by atoms with Crippen LogP contribution in [0.25, 0.3) is 22.0 Å². The second-order valence-electron chi connectivity index (χ2n) is 6.78. The topological polar surface area (TPSA) is 51.2 Å². The predicted octanol–water partition coefficient (Wildman–Crippen LogP) is 6.39. The van der Waals surface area contributed by atoms with Gasteiger partial charge in [-0.15, -0.1) is 11.3 Å². The van der Waals surface area contributed by atoms with E-state index in [1.165, 1.54) is 22.1 Å². The molecule has 0 aliphatic heterocycles. The Balaban J connectivity index is 1.43. The molecule has 146 valence electrons. The zero-order valence-corrected chi connectivity index (χ0v) is 17.0. The molecule has 0 atom stereocenters. The maximum Gasteiger partial charge on any atom is 0.257 e. The van der Waals surface area contributed by atoms with E-state index in [4.69, 9.17) is 4.74 Å². The van der Waals surface area contributed by atoms with Crippen molar-refractivity contribution in [2.24, 2.45) is 0 Å². The van der Waals surface area contributed by atoms with E-state index in [0.717, 1.165) is 29.8 Å². The summed E-state index contributed by atoms with van der Waals surface area (Å²) in [5.74, 6) is 0.604. The van der Waals surface area contributed by atoms with Crippen LogP contribution in [-0.2, 0) is 0 Å². The van der Waals surface area contributed by atoms with E-state index >= 15 is 0 Å². The highest BCUT2D eigenvalue weighted by atomic mass is 32.1. The third-order valence-electron chi connectivity index (χ3n) is 4.65. The van der Waals surface area contributed by atoms with Crippen molar-refractivity contribution in [2.45, 2.75) is 19.8 Å². The Morgan fingerprint density at radius 1 is 1.03 bits per heavy atom. The Morgan fingerprint density at radius 2 is 1.83 bits per heavy atom. The molecule has 4 rings (SSSR count).